The molecule has 0 aliphatic heterocycles. The van der Waals surface area contributed by atoms with E-state index < -0.39 is 0 Å². The van der Waals surface area contributed by atoms with Crippen LogP contribution in [0.2, 0.25) is 0 Å². The van der Waals surface area contributed by atoms with Gasteiger partial charge in [0.1, 0.15) is 9.21 Å². The third-order valence-corrected chi connectivity index (χ3v) is 3.78. The van der Waals surface area contributed by atoms with Crippen LogP contribution in [0.3, 0.4) is 0 Å². The zero-order chi connectivity index (χ0) is 12.3. The summed E-state index contributed by atoms with van der Waals surface area (Å²) in [5.41, 5.74) is 0. The number of nitrogens with one attached hydrogen (secondary N) is 2. The molecule has 1 fully saturated rings. The molecule has 0 amide bonds. The molecule has 1 aromatic heterocycles. The fraction of sp³-hybridized carbons (Fsp3) is 0.500. The van der Waals surface area contributed by atoms with Crippen molar-refractivity contribution in [1.29, 1.82) is 0 Å². The first kappa shape index (κ1) is 13.2. The molecule has 0 aromatic carbocycles. The summed E-state index contributed by atoms with van der Waals surface area (Å²) in [7, 11) is 0. The van der Waals surface area contributed by atoms with E-state index in [0.717, 1.165) is 0 Å². The molecule has 92 valence electrons. The Balaban J connectivity index is 1.93. The topological polar surface area (TPSA) is 49.8 Å². The van der Waals surface area contributed by atoms with E-state index in [1.165, 1.54) is 25.7 Å². The summed E-state index contributed by atoms with van der Waals surface area (Å²) in [5.74, 6) is 0.628. The molecule has 0 saturated heterocycles. The van der Waals surface area contributed by atoms with Gasteiger partial charge >= 0.3 is 0 Å². The molecular weight excluding hydrogens is 368 g/mol. The normalized spacial score (nSPS) is 15.9. The number of rotatable bonds is 2. The number of hydrogen-bond acceptors (Lipinski definition) is 3. The second-order valence-electron chi connectivity index (χ2n) is 3.91. The zero-order valence-corrected chi connectivity index (χ0v) is 13.0. The minimum Gasteiger partial charge on any atom is -0.360 e. The second-order valence-corrected chi connectivity index (χ2v) is 5.88. The van der Waals surface area contributed by atoms with Crippen LogP contribution in [0.15, 0.2) is 15.4 Å². The number of hydrogen-bond donors (Lipinski definition) is 2. The number of anilines is 1. The molecule has 2 rings (SSSR count). The van der Waals surface area contributed by atoms with E-state index in [1.54, 1.807) is 6.20 Å². The van der Waals surface area contributed by atoms with Crippen LogP contribution in [0, 0.1) is 0 Å². The Labute approximate surface area is 122 Å². The van der Waals surface area contributed by atoms with Crippen LogP contribution < -0.4 is 10.6 Å². The lowest BCUT2D eigenvalue weighted by molar-refractivity contribution is 0.634. The first-order chi connectivity index (χ1) is 8.15. The monoisotopic (exact) mass is 378 g/mol. The molecule has 17 heavy (non-hydrogen) atoms. The SMILES string of the molecule is S=C(Nc1ncc(Br)nc1Br)NC1CCCC1. The Bertz CT molecular complexity index is 421. The number of halogens is 2. The largest absolute Gasteiger partial charge is 0.360 e. The van der Waals surface area contributed by atoms with Gasteiger partial charge in [0.05, 0.1) is 6.20 Å². The molecule has 1 saturated carbocycles. The summed E-state index contributed by atoms with van der Waals surface area (Å²) >= 11 is 11.8. The van der Waals surface area contributed by atoms with Crippen LogP contribution in [0.5, 0.6) is 0 Å². The van der Waals surface area contributed by atoms with Gasteiger partial charge in [0.15, 0.2) is 10.9 Å². The summed E-state index contributed by atoms with van der Waals surface area (Å²) < 4.78 is 1.33. The average Bonchev–Trinajstić information content (AvgIpc) is 2.75. The lowest BCUT2D eigenvalue weighted by Crippen LogP contribution is -2.36. The molecule has 1 aromatic rings. The van der Waals surface area contributed by atoms with Crippen LogP contribution in [0.1, 0.15) is 25.7 Å². The highest BCUT2D eigenvalue weighted by molar-refractivity contribution is 9.11. The summed E-state index contributed by atoms with van der Waals surface area (Å²) in [6, 6.07) is 0.497. The van der Waals surface area contributed by atoms with Crippen molar-refractivity contribution in [3.63, 3.8) is 0 Å². The molecule has 1 aliphatic carbocycles. The lowest BCUT2D eigenvalue weighted by atomic mass is 10.3. The van der Waals surface area contributed by atoms with Gasteiger partial charge in [0.25, 0.3) is 0 Å². The molecule has 0 radical (unpaired) electrons. The van der Waals surface area contributed by atoms with E-state index >= 15 is 0 Å². The average molecular weight is 380 g/mol. The van der Waals surface area contributed by atoms with Crippen molar-refractivity contribution < 1.29 is 0 Å². The maximum Gasteiger partial charge on any atom is 0.172 e. The molecule has 1 aliphatic rings. The van der Waals surface area contributed by atoms with Gasteiger partial charge in [0.2, 0.25) is 0 Å². The molecule has 0 unspecified atom stereocenters. The van der Waals surface area contributed by atoms with Crippen molar-refractivity contribution >= 4 is 55.0 Å². The van der Waals surface area contributed by atoms with Gasteiger partial charge in [-0.2, -0.15) is 0 Å². The van der Waals surface area contributed by atoms with Crippen LogP contribution in [0.25, 0.3) is 0 Å². The van der Waals surface area contributed by atoms with Crippen LogP contribution in [-0.4, -0.2) is 21.1 Å². The van der Waals surface area contributed by atoms with Gasteiger partial charge in [-0.1, -0.05) is 12.8 Å². The molecule has 0 bridgehead atoms. The smallest absolute Gasteiger partial charge is 0.172 e. The Morgan fingerprint density at radius 2 is 2.06 bits per heavy atom. The number of aromatic nitrogens is 2. The standard InChI is InChI=1S/C10H12Br2N4S/c11-7-5-13-9(8(12)15-7)16-10(17)14-6-3-1-2-4-6/h5-6H,1-4H2,(H2,13,14,16,17). The van der Waals surface area contributed by atoms with Gasteiger partial charge in [-0.15, -0.1) is 0 Å². The Kier molecular flexibility index (Phi) is 4.69. The minimum absolute atomic E-state index is 0.497. The summed E-state index contributed by atoms with van der Waals surface area (Å²) in [6.45, 7) is 0. The molecule has 4 nitrogen and oxygen atoms in total. The first-order valence-electron chi connectivity index (χ1n) is 5.40. The van der Waals surface area contributed by atoms with Gasteiger partial charge < -0.3 is 10.6 Å². The number of nitrogens with zero attached hydrogens (tertiary/aromatic N) is 2. The van der Waals surface area contributed by atoms with E-state index in [9.17, 15) is 0 Å². The van der Waals surface area contributed by atoms with Gasteiger partial charge in [0, 0.05) is 6.04 Å². The fourth-order valence-corrected chi connectivity index (χ4v) is 3.00. The highest BCUT2D eigenvalue weighted by Crippen LogP contribution is 2.20. The van der Waals surface area contributed by atoms with Gasteiger partial charge in [-0.25, -0.2) is 9.97 Å². The van der Waals surface area contributed by atoms with E-state index in [0.29, 0.717) is 26.2 Å². The highest BCUT2D eigenvalue weighted by Gasteiger charge is 2.16. The lowest BCUT2D eigenvalue weighted by Gasteiger charge is -2.15. The second kappa shape index (κ2) is 6.06. The molecular formula is C10H12Br2N4S. The van der Waals surface area contributed by atoms with Crippen LogP contribution in [-0.2, 0) is 0 Å². The van der Waals surface area contributed by atoms with Crippen LogP contribution in [0.4, 0.5) is 5.82 Å². The van der Waals surface area contributed by atoms with Crippen molar-refractivity contribution in [3.05, 3.63) is 15.4 Å². The minimum atomic E-state index is 0.497. The first-order valence-corrected chi connectivity index (χ1v) is 7.40. The quantitative estimate of drug-likeness (QED) is 0.772. The van der Waals surface area contributed by atoms with Gasteiger partial charge in [-0.3, -0.25) is 0 Å². The van der Waals surface area contributed by atoms with Crippen molar-refractivity contribution in [3.8, 4) is 0 Å². The van der Waals surface area contributed by atoms with Crippen molar-refractivity contribution in [2.45, 2.75) is 31.7 Å². The van der Waals surface area contributed by atoms with Crippen molar-refractivity contribution in [2.24, 2.45) is 0 Å². The van der Waals surface area contributed by atoms with E-state index in [1.807, 2.05) is 0 Å². The Morgan fingerprint density at radius 3 is 2.71 bits per heavy atom. The Morgan fingerprint density at radius 1 is 1.35 bits per heavy atom. The predicted molar refractivity (Wildman–Crippen MR) is 79.0 cm³/mol. The maximum absolute atomic E-state index is 5.24. The van der Waals surface area contributed by atoms with E-state index in [2.05, 4.69) is 52.5 Å². The van der Waals surface area contributed by atoms with E-state index in [4.69, 9.17) is 12.2 Å². The fourth-order valence-electron chi connectivity index (χ4n) is 1.83. The predicted octanol–water partition coefficient (Wildman–Crippen LogP) is 3.23. The van der Waals surface area contributed by atoms with Crippen molar-refractivity contribution in [2.75, 3.05) is 5.32 Å². The van der Waals surface area contributed by atoms with Gasteiger partial charge in [-0.05, 0) is 56.9 Å². The van der Waals surface area contributed by atoms with E-state index in [-0.39, 0.29) is 0 Å². The summed E-state index contributed by atoms with van der Waals surface area (Å²) in [6.07, 6.45) is 6.57. The third kappa shape index (κ3) is 3.86. The van der Waals surface area contributed by atoms with Crippen LogP contribution >= 0.6 is 44.1 Å². The molecule has 0 atom stereocenters. The Hall–Kier alpha value is -0.270. The highest BCUT2D eigenvalue weighted by atomic mass is 79.9. The zero-order valence-electron chi connectivity index (χ0n) is 9.04. The maximum atomic E-state index is 5.24. The molecule has 7 heteroatoms. The third-order valence-electron chi connectivity index (χ3n) is 2.62. The molecule has 2 N–H and O–H groups in total. The molecule has 1 heterocycles. The summed E-state index contributed by atoms with van der Waals surface area (Å²) in [5, 5.41) is 6.94. The summed E-state index contributed by atoms with van der Waals surface area (Å²) in [4.78, 5) is 8.38. The molecule has 0 spiro atoms. The van der Waals surface area contributed by atoms with Crippen molar-refractivity contribution in [1.82, 2.24) is 15.3 Å². The number of thiocarbonyl (C=S) groups is 1.